The van der Waals surface area contributed by atoms with Gasteiger partial charge in [-0.05, 0) is 54.8 Å². The summed E-state index contributed by atoms with van der Waals surface area (Å²) in [6.45, 7) is 4.00. The molecule has 2 aromatic rings. The second-order valence-electron chi connectivity index (χ2n) is 8.08. The fraction of sp³-hybridized carbons (Fsp3) is 0.478. The Morgan fingerprint density at radius 1 is 1.09 bits per heavy atom. The Morgan fingerprint density at radius 3 is 2.69 bits per heavy atom. The van der Waals surface area contributed by atoms with E-state index >= 15 is 0 Å². The summed E-state index contributed by atoms with van der Waals surface area (Å²) >= 11 is 1.25. The summed E-state index contributed by atoms with van der Waals surface area (Å²) in [6, 6.07) is 11.4. The first kappa shape index (κ1) is 23.2. The first-order valence-electron chi connectivity index (χ1n) is 10.8. The summed E-state index contributed by atoms with van der Waals surface area (Å²) in [5.74, 6) is 0.935. The van der Waals surface area contributed by atoms with Gasteiger partial charge in [0.05, 0.1) is 24.9 Å². The van der Waals surface area contributed by atoms with Crippen molar-refractivity contribution in [2.75, 3.05) is 50.8 Å². The molecular weight excluding hydrogens is 441 g/mol. The third kappa shape index (κ3) is 6.10. The molecule has 9 heteroatoms. The van der Waals surface area contributed by atoms with Crippen LogP contribution in [0.25, 0.3) is 0 Å². The SMILES string of the molecule is OC(COSc1ccc2c(c1)CCCO2)CN1CCN(c2cccc(C(F)(F)F)c2)CC1. The minimum Gasteiger partial charge on any atom is -0.493 e. The third-order valence-electron chi connectivity index (χ3n) is 5.68. The van der Waals surface area contributed by atoms with Crippen LogP contribution in [-0.2, 0) is 16.8 Å². The zero-order valence-corrected chi connectivity index (χ0v) is 18.5. The van der Waals surface area contributed by atoms with Gasteiger partial charge in [-0.3, -0.25) is 4.90 Å². The number of halogens is 3. The molecule has 5 nitrogen and oxygen atoms in total. The minimum absolute atomic E-state index is 0.200. The Kier molecular flexibility index (Phi) is 7.50. The number of benzene rings is 2. The van der Waals surface area contributed by atoms with Gasteiger partial charge in [0.1, 0.15) is 5.75 Å². The number of ether oxygens (including phenoxy) is 1. The van der Waals surface area contributed by atoms with E-state index in [-0.39, 0.29) is 6.61 Å². The highest BCUT2D eigenvalue weighted by molar-refractivity contribution is 7.94. The van der Waals surface area contributed by atoms with Crippen LogP contribution in [0, 0.1) is 0 Å². The van der Waals surface area contributed by atoms with Crippen molar-refractivity contribution in [1.82, 2.24) is 4.90 Å². The topological polar surface area (TPSA) is 45.2 Å². The number of piperazine rings is 1. The molecule has 0 aliphatic carbocycles. The molecule has 2 heterocycles. The summed E-state index contributed by atoms with van der Waals surface area (Å²) in [5.41, 5.74) is 1.13. The van der Waals surface area contributed by atoms with Gasteiger partial charge in [0.25, 0.3) is 0 Å². The fourth-order valence-electron chi connectivity index (χ4n) is 3.99. The molecule has 1 fully saturated rings. The van der Waals surface area contributed by atoms with E-state index in [1.165, 1.54) is 29.7 Å². The Morgan fingerprint density at radius 2 is 1.91 bits per heavy atom. The molecule has 2 aliphatic rings. The summed E-state index contributed by atoms with van der Waals surface area (Å²) in [7, 11) is 0. The number of β-amino-alcohol motifs (C(OH)–C–C–N with tert-alkyl or cyclic N) is 1. The predicted molar refractivity (Wildman–Crippen MR) is 118 cm³/mol. The molecule has 174 valence electrons. The molecule has 1 saturated heterocycles. The number of rotatable bonds is 7. The Hall–Kier alpha value is -1.94. The molecule has 1 unspecified atom stereocenters. The molecule has 2 aromatic carbocycles. The van der Waals surface area contributed by atoms with Crippen molar-refractivity contribution in [3.05, 3.63) is 53.6 Å². The standard InChI is InChI=1S/C23H27F3N2O3S/c24-23(25,26)18-4-1-5-19(14-18)28-10-8-27(9-11-28)15-20(29)16-31-32-21-6-7-22-17(13-21)3-2-12-30-22/h1,4-7,13-14,20,29H,2-3,8-12,15-16H2. The monoisotopic (exact) mass is 468 g/mol. The second-order valence-corrected chi connectivity index (χ2v) is 8.95. The number of aliphatic hydroxyl groups excluding tert-OH is 1. The van der Waals surface area contributed by atoms with Gasteiger partial charge >= 0.3 is 6.18 Å². The van der Waals surface area contributed by atoms with Crippen LogP contribution in [-0.4, -0.2) is 62.0 Å². The summed E-state index contributed by atoms with van der Waals surface area (Å²) in [5, 5.41) is 10.3. The van der Waals surface area contributed by atoms with E-state index in [1.54, 1.807) is 6.07 Å². The van der Waals surface area contributed by atoms with Crippen molar-refractivity contribution in [1.29, 1.82) is 0 Å². The maximum atomic E-state index is 13.0. The average Bonchev–Trinajstić information content (AvgIpc) is 2.79. The Labute approximate surface area is 190 Å². The van der Waals surface area contributed by atoms with Gasteiger partial charge in [-0.1, -0.05) is 6.07 Å². The van der Waals surface area contributed by atoms with Gasteiger partial charge in [-0.25, -0.2) is 0 Å². The fourth-order valence-corrected chi connectivity index (χ4v) is 4.66. The average molecular weight is 469 g/mol. The number of fused-ring (bicyclic) bond motifs is 1. The lowest BCUT2D eigenvalue weighted by molar-refractivity contribution is -0.137. The van der Waals surface area contributed by atoms with Gasteiger partial charge in [0.15, 0.2) is 0 Å². The van der Waals surface area contributed by atoms with E-state index < -0.39 is 17.8 Å². The molecule has 0 amide bonds. The Balaban J connectivity index is 1.19. The zero-order valence-electron chi connectivity index (χ0n) is 17.7. The van der Waals surface area contributed by atoms with E-state index in [9.17, 15) is 18.3 Å². The van der Waals surface area contributed by atoms with Crippen molar-refractivity contribution < 1.29 is 27.2 Å². The maximum absolute atomic E-state index is 13.0. The molecule has 4 rings (SSSR count). The number of nitrogens with zero attached hydrogens (tertiary/aromatic N) is 2. The lowest BCUT2D eigenvalue weighted by Crippen LogP contribution is -2.49. The van der Waals surface area contributed by atoms with Crippen LogP contribution in [0.4, 0.5) is 18.9 Å². The molecule has 1 atom stereocenters. The lowest BCUT2D eigenvalue weighted by Gasteiger charge is -2.37. The van der Waals surface area contributed by atoms with Crippen molar-refractivity contribution >= 4 is 17.7 Å². The predicted octanol–water partition coefficient (Wildman–Crippen LogP) is 4.24. The number of aryl methyl sites for hydroxylation is 1. The lowest BCUT2D eigenvalue weighted by atomic mass is 10.1. The van der Waals surface area contributed by atoms with E-state index in [4.69, 9.17) is 8.92 Å². The van der Waals surface area contributed by atoms with Gasteiger partial charge in [-0.2, -0.15) is 13.2 Å². The van der Waals surface area contributed by atoms with Gasteiger partial charge in [0, 0.05) is 55.3 Å². The second kappa shape index (κ2) is 10.3. The van der Waals surface area contributed by atoms with Gasteiger partial charge < -0.3 is 18.9 Å². The molecule has 0 bridgehead atoms. The van der Waals surface area contributed by atoms with Gasteiger partial charge in [-0.15, -0.1) is 0 Å². The number of aliphatic hydroxyl groups is 1. The normalized spacial score (nSPS) is 18.2. The molecule has 0 spiro atoms. The van der Waals surface area contributed by atoms with E-state index in [2.05, 4.69) is 11.0 Å². The number of hydrogen-bond donors (Lipinski definition) is 1. The van der Waals surface area contributed by atoms with Crippen LogP contribution >= 0.6 is 12.0 Å². The van der Waals surface area contributed by atoms with Crippen molar-refractivity contribution in [2.45, 2.75) is 30.0 Å². The third-order valence-corrected chi connectivity index (χ3v) is 6.38. The number of anilines is 1. The van der Waals surface area contributed by atoms with Gasteiger partial charge in [0.2, 0.25) is 0 Å². The highest BCUT2D eigenvalue weighted by atomic mass is 32.2. The zero-order chi connectivity index (χ0) is 22.6. The first-order valence-corrected chi connectivity index (χ1v) is 11.5. The highest BCUT2D eigenvalue weighted by Gasteiger charge is 2.31. The van der Waals surface area contributed by atoms with E-state index in [0.29, 0.717) is 38.4 Å². The van der Waals surface area contributed by atoms with Crippen LogP contribution in [0.15, 0.2) is 47.4 Å². The van der Waals surface area contributed by atoms with Crippen LogP contribution in [0.3, 0.4) is 0 Å². The quantitative estimate of drug-likeness (QED) is 0.614. The molecule has 2 aliphatic heterocycles. The highest BCUT2D eigenvalue weighted by Crippen LogP contribution is 2.32. The maximum Gasteiger partial charge on any atom is 0.416 e. The molecule has 1 N–H and O–H groups in total. The van der Waals surface area contributed by atoms with Crippen LogP contribution in [0.5, 0.6) is 5.75 Å². The summed E-state index contributed by atoms with van der Waals surface area (Å²) in [6.07, 6.45) is -2.96. The number of hydrogen-bond acceptors (Lipinski definition) is 6. The number of alkyl halides is 3. The molecular formula is C23H27F3N2O3S. The van der Waals surface area contributed by atoms with E-state index in [1.807, 2.05) is 17.0 Å². The first-order chi connectivity index (χ1) is 15.4. The van der Waals surface area contributed by atoms with Crippen molar-refractivity contribution in [2.24, 2.45) is 0 Å². The van der Waals surface area contributed by atoms with E-state index in [0.717, 1.165) is 36.2 Å². The van der Waals surface area contributed by atoms with Crippen molar-refractivity contribution in [3.8, 4) is 5.75 Å². The largest absolute Gasteiger partial charge is 0.493 e. The summed E-state index contributed by atoms with van der Waals surface area (Å²) < 4.78 is 50.1. The Bertz CT molecular complexity index is 904. The molecule has 0 saturated carbocycles. The smallest absolute Gasteiger partial charge is 0.416 e. The van der Waals surface area contributed by atoms with Crippen LogP contribution in [0.1, 0.15) is 17.5 Å². The van der Waals surface area contributed by atoms with Crippen LogP contribution < -0.4 is 9.64 Å². The molecule has 32 heavy (non-hydrogen) atoms. The van der Waals surface area contributed by atoms with Crippen molar-refractivity contribution in [3.63, 3.8) is 0 Å². The summed E-state index contributed by atoms with van der Waals surface area (Å²) in [4.78, 5) is 5.04. The molecule has 0 aromatic heterocycles. The minimum atomic E-state index is -4.34. The molecule has 0 radical (unpaired) electrons. The van der Waals surface area contributed by atoms with Crippen LogP contribution in [0.2, 0.25) is 0 Å².